The average molecular weight is 464 g/mol. The number of nitrogens with zero attached hydrogens (tertiary/aromatic N) is 2. The predicted octanol–water partition coefficient (Wildman–Crippen LogP) is 2.79. The van der Waals surface area contributed by atoms with E-state index in [0.29, 0.717) is 23.6 Å². The zero-order valence-corrected chi connectivity index (χ0v) is 18.9. The number of nitrogens with one attached hydrogen (secondary N) is 3. The maximum absolute atomic E-state index is 12.4. The van der Waals surface area contributed by atoms with Crippen molar-refractivity contribution in [3.8, 4) is 5.75 Å². The molecule has 33 heavy (non-hydrogen) atoms. The van der Waals surface area contributed by atoms with Crippen LogP contribution in [0.1, 0.15) is 45.1 Å². The van der Waals surface area contributed by atoms with Crippen LogP contribution in [0.5, 0.6) is 5.75 Å². The Morgan fingerprint density at radius 2 is 1.79 bits per heavy atom. The molecule has 8 nitrogen and oxygen atoms in total. The van der Waals surface area contributed by atoms with Crippen LogP contribution in [0.15, 0.2) is 60.8 Å². The summed E-state index contributed by atoms with van der Waals surface area (Å²) in [6.07, 6.45) is 5.56. The maximum Gasteiger partial charge on any atom is 0.289 e. The van der Waals surface area contributed by atoms with Crippen LogP contribution >= 0.6 is 12.2 Å². The fraction of sp³-hybridized carbons (Fsp3) is 0.250. The summed E-state index contributed by atoms with van der Waals surface area (Å²) in [5, 5.41) is 2.52. The number of benzene rings is 2. The van der Waals surface area contributed by atoms with Gasteiger partial charge in [-0.2, -0.15) is 0 Å². The van der Waals surface area contributed by atoms with Crippen molar-refractivity contribution < 1.29 is 14.3 Å². The van der Waals surface area contributed by atoms with Gasteiger partial charge in [-0.1, -0.05) is 30.3 Å². The molecule has 1 aromatic heterocycles. The van der Waals surface area contributed by atoms with Crippen molar-refractivity contribution >= 4 is 29.1 Å². The summed E-state index contributed by atoms with van der Waals surface area (Å²) in [6.45, 7) is 1.41. The van der Waals surface area contributed by atoms with Gasteiger partial charge in [0.1, 0.15) is 17.3 Å². The molecule has 1 aliphatic heterocycles. The Hall–Kier alpha value is -3.72. The third-order valence-electron chi connectivity index (χ3n) is 5.28. The summed E-state index contributed by atoms with van der Waals surface area (Å²) < 4.78 is 7.73. The molecule has 2 amide bonds. The normalized spacial score (nSPS) is 12.4. The highest BCUT2D eigenvalue weighted by Gasteiger charge is 2.17. The minimum Gasteiger partial charge on any atom is -0.493 e. The van der Waals surface area contributed by atoms with Crippen LogP contribution in [0, 0.1) is 0 Å². The molecule has 2 aromatic carbocycles. The predicted molar refractivity (Wildman–Crippen MR) is 128 cm³/mol. The monoisotopic (exact) mass is 463 g/mol. The van der Waals surface area contributed by atoms with Crippen molar-refractivity contribution in [1.29, 1.82) is 0 Å². The smallest absolute Gasteiger partial charge is 0.289 e. The van der Waals surface area contributed by atoms with Gasteiger partial charge in [-0.05, 0) is 54.9 Å². The van der Waals surface area contributed by atoms with E-state index >= 15 is 0 Å². The molecule has 0 unspecified atom stereocenters. The molecule has 2 heterocycles. The zero-order chi connectivity index (χ0) is 23.0. The number of hydrazine groups is 1. The Balaban J connectivity index is 1.21. The lowest BCUT2D eigenvalue weighted by molar-refractivity contribution is 0.0930. The topological polar surface area (TPSA) is 97.3 Å². The number of imidazole rings is 1. The molecule has 0 atom stereocenters. The summed E-state index contributed by atoms with van der Waals surface area (Å²) >= 11 is 5.11. The third-order valence-corrected chi connectivity index (χ3v) is 5.48. The van der Waals surface area contributed by atoms with Gasteiger partial charge in [0, 0.05) is 31.1 Å². The van der Waals surface area contributed by atoms with Gasteiger partial charge in [0.2, 0.25) is 0 Å². The number of aromatic nitrogens is 2. The largest absolute Gasteiger partial charge is 0.493 e. The van der Waals surface area contributed by atoms with Crippen LogP contribution in [-0.4, -0.2) is 33.1 Å². The van der Waals surface area contributed by atoms with Gasteiger partial charge < -0.3 is 9.30 Å². The fourth-order valence-electron chi connectivity index (χ4n) is 3.54. The van der Waals surface area contributed by atoms with Gasteiger partial charge in [-0.15, -0.1) is 0 Å². The Morgan fingerprint density at radius 3 is 2.55 bits per heavy atom. The zero-order valence-electron chi connectivity index (χ0n) is 18.0. The number of hydrogen-bond donors (Lipinski definition) is 3. The van der Waals surface area contributed by atoms with Gasteiger partial charge in [-0.3, -0.25) is 25.8 Å². The molecule has 1 aliphatic rings. The van der Waals surface area contributed by atoms with Gasteiger partial charge in [-0.25, -0.2) is 4.98 Å². The molecule has 0 aliphatic carbocycles. The lowest BCUT2D eigenvalue weighted by atomic mass is 10.2. The lowest BCUT2D eigenvalue weighted by Crippen LogP contribution is -2.48. The highest BCUT2D eigenvalue weighted by atomic mass is 32.1. The van der Waals surface area contributed by atoms with Crippen molar-refractivity contribution in [2.75, 3.05) is 6.61 Å². The Labute approximate surface area is 197 Å². The van der Waals surface area contributed by atoms with Gasteiger partial charge in [0.05, 0.1) is 6.61 Å². The number of thiocarbonyl (C=S) groups is 1. The first-order chi connectivity index (χ1) is 16.1. The second-order valence-corrected chi connectivity index (χ2v) is 8.07. The first kappa shape index (κ1) is 22.5. The fourth-order valence-corrected chi connectivity index (χ4v) is 3.68. The SMILES string of the molecule is O=C(NC(=S)NNC(=O)c1cn2c(n1)CCCC2)c1ccc(OCCc2ccccc2)cc1. The van der Waals surface area contributed by atoms with Crippen molar-refractivity contribution in [3.05, 3.63) is 83.4 Å². The number of aryl methyl sites for hydroxylation is 2. The summed E-state index contributed by atoms with van der Waals surface area (Å²) in [4.78, 5) is 29.1. The van der Waals surface area contributed by atoms with E-state index in [1.54, 1.807) is 30.5 Å². The molecule has 0 fully saturated rings. The number of carbonyl (C=O) groups is 2. The van der Waals surface area contributed by atoms with Crippen molar-refractivity contribution in [1.82, 2.24) is 25.7 Å². The number of hydrogen-bond acceptors (Lipinski definition) is 5. The van der Waals surface area contributed by atoms with E-state index in [-0.39, 0.29) is 5.11 Å². The van der Waals surface area contributed by atoms with Crippen LogP contribution in [0.3, 0.4) is 0 Å². The van der Waals surface area contributed by atoms with E-state index < -0.39 is 11.8 Å². The van der Waals surface area contributed by atoms with E-state index in [4.69, 9.17) is 17.0 Å². The molecule has 3 aromatic rings. The summed E-state index contributed by atoms with van der Waals surface area (Å²) in [5.41, 5.74) is 6.95. The lowest BCUT2D eigenvalue weighted by Gasteiger charge is -2.11. The standard InChI is InChI=1S/C24H25N5O3S/c30-22(18-9-11-19(12-10-18)32-15-13-17-6-2-1-3-7-17)26-24(33)28-27-23(31)20-16-29-14-5-4-8-21(29)25-20/h1-3,6-7,9-12,16H,4-5,8,13-15H2,(H,27,31)(H2,26,28,30,33). The first-order valence-corrected chi connectivity index (χ1v) is 11.2. The average Bonchev–Trinajstić information content (AvgIpc) is 3.28. The van der Waals surface area contributed by atoms with E-state index in [0.717, 1.165) is 38.1 Å². The molecule has 0 radical (unpaired) electrons. The van der Waals surface area contributed by atoms with Gasteiger partial charge in [0.15, 0.2) is 5.11 Å². The highest BCUT2D eigenvalue weighted by molar-refractivity contribution is 7.80. The number of amides is 2. The highest BCUT2D eigenvalue weighted by Crippen LogP contribution is 2.15. The summed E-state index contributed by atoms with van der Waals surface area (Å²) in [6, 6.07) is 16.9. The van der Waals surface area contributed by atoms with Crippen LogP contribution in [0.2, 0.25) is 0 Å². The van der Waals surface area contributed by atoms with Crippen LogP contribution in [0.4, 0.5) is 0 Å². The summed E-state index contributed by atoms with van der Waals surface area (Å²) in [7, 11) is 0. The Morgan fingerprint density at radius 1 is 1.00 bits per heavy atom. The molecular formula is C24H25N5O3S. The molecule has 3 N–H and O–H groups in total. The van der Waals surface area contributed by atoms with Gasteiger partial charge >= 0.3 is 0 Å². The van der Waals surface area contributed by atoms with Gasteiger partial charge in [0.25, 0.3) is 11.8 Å². The first-order valence-electron chi connectivity index (χ1n) is 10.8. The summed E-state index contributed by atoms with van der Waals surface area (Å²) in [5.74, 6) is 0.786. The minimum atomic E-state index is -0.412. The molecule has 9 heteroatoms. The van der Waals surface area contributed by atoms with E-state index in [1.165, 1.54) is 5.56 Å². The van der Waals surface area contributed by atoms with Crippen LogP contribution in [0.25, 0.3) is 0 Å². The van der Waals surface area contributed by atoms with Crippen molar-refractivity contribution in [3.63, 3.8) is 0 Å². The van der Waals surface area contributed by atoms with E-state index in [9.17, 15) is 9.59 Å². The van der Waals surface area contributed by atoms with Crippen LogP contribution in [-0.2, 0) is 19.4 Å². The van der Waals surface area contributed by atoms with Crippen molar-refractivity contribution in [2.45, 2.75) is 32.2 Å². The Kier molecular flexibility index (Phi) is 7.31. The van der Waals surface area contributed by atoms with Crippen LogP contribution < -0.4 is 20.9 Å². The van der Waals surface area contributed by atoms with E-state index in [1.807, 2.05) is 22.8 Å². The molecule has 170 valence electrons. The molecule has 4 rings (SSSR count). The number of rotatable bonds is 6. The molecule has 0 bridgehead atoms. The number of fused-ring (bicyclic) bond motifs is 1. The minimum absolute atomic E-state index is 0.0134. The van der Waals surface area contributed by atoms with Crippen molar-refractivity contribution in [2.24, 2.45) is 0 Å². The molecule has 0 saturated heterocycles. The second-order valence-electron chi connectivity index (χ2n) is 7.66. The molecular weight excluding hydrogens is 438 g/mol. The Bertz CT molecular complexity index is 1110. The second kappa shape index (κ2) is 10.7. The quantitative estimate of drug-likeness (QED) is 0.384. The van der Waals surface area contributed by atoms with E-state index in [2.05, 4.69) is 33.3 Å². The molecule has 0 saturated carbocycles. The maximum atomic E-state index is 12.4. The third kappa shape index (κ3) is 6.17. The number of carbonyl (C=O) groups excluding carboxylic acids is 2. The number of ether oxygens (including phenoxy) is 1. The molecule has 0 spiro atoms.